The Morgan fingerprint density at radius 1 is 1.68 bits per heavy atom. The van der Waals surface area contributed by atoms with E-state index in [4.69, 9.17) is 16.9 Å². The fourth-order valence-corrected chi connectivity index (χ4v) is 4.25. The van der Waals surface area contributed by atoms with Crippen LogP contribution < -0.4 is 4.72 Å². The first kappa shape index (κ1) is 15.8. The molecule has 0 bridgehead atoms. The molecule has 1 aromatic heterocycles. The van der Waals surface area contributed by atoms with E-state index in [0.717, 1.165) is 6.07 Å². The molecule has 1 rings (SSSR count). The van der Waals surface area contributed by atoms with E-state index in [1.807, 2.05) is 6.07 Å². The van der Waals surface area contributed by atoms with Crippen LogP contribution in [0.2, 0.25) is 4.34 Å². The molecule has 0 amide bonds. The molecule has 0 saturated heterocycles. The van der Waals surface area contributed by atoms with Crippen molar-refractivity contribution in [1.82, 2.24) is 4.72 Å². The van der Waals surface area contributed by atoms with Gasteiger partial charge < -0.3 is 0 Å². The number of hydrogen-bond acceptors (Lipinski definition) is 6. The minimum Gasteiger partial charge on any atom is -0.258 e. The van der Waals surface area contributed by atoms with Crippen LogP contribution >= 0.6 is 22.9 Å². The van der Waals surface area contributed by atoms with Crippen LogP contribution in [0.15, 0.2) is 10.3 Å². The van der Waals surface area contributed by atoms with Crippen LogP contribution in [0.4, 0.5) is 5.69 Å². The zero-order valence-electron chi connectivity index (χ0n) is 9.79. The van der Waals surface area contributed by atoms with Gasteiger partial charge >= 0.3 is 0 Å². The monoisotopic (exact) mass is 323 g/mol. The molecular formula is C9H10ClN3O4S2. The molecule has 1 heterocycles. The molecule has 1 N–H and O–H groups in total. The highest BCUT2D eigenvalue weighted by atomic mass is 35.5. The summed E-state index contributed by atoms with van der Waals surface area (Å²) in [5.74, 6) is 0. The van der Waals surface area contributed by atoms with Crippen LogP contribution in [0.5, 0.6) is 0 Å². The molecule has 0 aliphatic carbocycles. The number of sulfonamides is 1. The highest BCUT2D eigenvalue weighted by Gasteiger charge is 2.26. The van der Waals surface area contributed by atoms with E-state index >= 15 is 0 Å². The Labute approximate surface area is 119 Å². The first-order valence-corrected chi connectivity index (χ1v) is 7.82. The summed E-state index contributed by atoms with van der Waals surface area (Å²) < 4.78 is 25.8. The molecule has 1 aromatic rings. The van der Waals surface area contributed by atoms with Gasteiger partial charge in [0.1, 0.15) is 4.21 Å². The predicted octanol–water partition coefficient (Wildman–Crippen LogP) is 2.28. The maximum Gasteiger partial charge on any atom is 0.300 e. The van der Waals surface area contributed by atoms with Crippen molar-refractivity contribution in [3.63, 3.8) is 0 Å². The standard InChI is InChI=1S/C9H10ClN3O4S2/c1-2-6(3-4-11)12-19(16,17)8-5-7(13(14)15)9(10)18-8/h5-6,12H,2-3H2,1H3. The van der Waals surface area contributed by atoms with E-state index in [0.29, 0.717) is 17.8 Å². The summed E-state index contributed by atoms with van der Waals surface area (Å²) in [5, 5.41) is 19.2. The molecule has 1 unspecified atom stereocenters. The molecule has 0 saturated carbocycles. The number of hydrogen-bond donors (Lipinski definition) is 1. The summed E-state index contributed by atoms with van der Waals surface area (Å²) in [6.45, 7) is 1.73. The summed E-state index contributed by atoms with van der Waals surface area (Å²) in [6, 6.07) is 2.25. The molecule has 0 spiro atoms. The number of nitro groups is 1. The van der Waals surface area contributed by atoms with Crippen LogP contribution in [-0.2, 0) is 10.0 Å². The highest BCUT2D eigenvalue weighted by molar-refractivity contribution is 7.91. The largest absolute Gasteiger partial charge is 0.300 e. The molecule has 0 aromatic carbocycles. The van der Waals surface area contributed by atoms with Crippen LogP contribution in [0, 0.1) is 21.4 Å². The van der Waals surface area contributed by atoms with Gasteiger partial charge in [0.2, 0.25) is 0 Å². The maximum absolute atomic E-state index is 12.0. The van der Waals surface area contributed by atoms with E-state index in [1.165, 1.54) is 0 Å². The number of nitriles is 1. The Balaban J connectivity index is 3.04. The number of halogens is 1. The number of nitrogens with zero attached hydrogens (tertiary/aromatic N) is 2. The van der Waals surface area contributed by atoms with Crippen LogP contribution in [-0.4, -0.2) is 19.4 Å². The van der Waals surface area contributed by atoms with Crippen molar-refractivity contribution < 1.29 is 13.3 Å². The average molecular weight is 324 g/mol. The van der Waals surface area contributed by atoms with Crippen molar-refractivity contribution in [1.29, 1.82) is 5.26 Å². The molecule has 0 fully saturated rings. The molecule has 19 heavy (non-hydrogen) atoms. The maximum atomic E-state index is 12.0. The smallest absolute Gasteiger partial charge is 0.258 e. The van der Waals surface area contributed by atoms with Crippen LogP contribution in [0.25, 0.3) is 0 Å². The van der Waals surface area contributed by atoms with Gasteiger partial charge in [-0.1, -0.05) is 18.5 Å². The van der Waals surface area contributed by atoms with Gasteiger partial charge in [-0.15, -0.1) is 11.3 Å². The van der Waals surface area contributed by atoms with Gasteiger partial charge in [-0.3, -0.25) is 10.1 Å². The lowest BCUT2D eigenvalue weighted by Gasteiger charge is -2.12. The number of thiophene rings is 1. The lowest BCUT2D eigenvalue weighted by molar-refractivity contribution is -0.384. The summed E-state index contributed by atoms with van der Waals surface area (Å²) in [7, 11) is -3.90. The molecular weight excluding hydrogens is 314 g/mol. The van der Waals surface area contributed by atoms with Gasteiger partial charge in [0, 0.05) is 12.1 Å². The van der Waals surface area contributed by atoms with E-state index in [2.05, 4.69) is 4.72 Å². The molecule has 1 atom stereocenters. The Morgan fingerprint density at radius 3 is 2.74 bits per heavy atom. The zero-order chi connectivity index (χ0) is 14.6. The fourth-order valence-electron chi connectivity index (χ4n) is 1.25. The molecule has 0 aliphatic heterocycles. The van der Waals surface area contributed by atoms with E-state index in [1.54, 1.807) is 6.92 Å². The zero-order valence-corrected chi connectivity index (χ0v) is 12.2. The third-order valence-electron chi connectivity index (χ3n) is 2.26. The number of rotatable bonds is 6. The summed E-state index contributed by atoms with van der Waals surface area (Å²) in [5.41, 5.74) is -0.444. The predicted molar refractivity (Wildman–Crippen MR) is 70.6 cm³/mol. The molecule has 0 radical (unpaired) electrons. The minimum atomic E-state index is -3.90. The quantitative estimate of drug-likeness (QED) is 0.637. The van der Waals surface area contributed by atoms with Crippen LogP contribution in [0.1, 0.15) is 19.8 Å². The van der Waals surface area contributed by atoms with E-state index in [-0.39, 0.29) is 15.0 Å². The SMILES string of the molecule is CCC(CC#N)NS(=O)(=O)c1cc([N+](=O)[O-])c(Cl)s1. The third-order valence-corrected chi connectivity index (χ3v) is 5.59. The van der Waals surface area contributed by atoms with Gasteiger partial charge in [-0.2, -0.15) is 5.26 Å². The minimum absolute atomic E-state index is 0.0247. The second-order valence-corrected chi connectivity index (χ2v) is 7.17. The lowest BCUT2D eigenvalue weighted by atomic mass is 10.2. The van der Waals surface area contributed by atoms with Crippen molar-refractivity contribution >= 4 is 38.6 Å². The Kier molecular flexibility index (Phi) is 5.25. The summed E-state index contributed by atoms with van der Waals surface area (Å²) in [4.78, 5) is 9.87. The van der Waals surface area contributed by atoms with Gasteiger partial charge in [0.15, 0.2) is 4.34 Å². The van der Waals surface area contributed by atoms with Crippen molar-refractivity contribution in [3.8, 4) is 6.07 Å². The Bertz CT molecular complexity index is 620. The fraction of sp³-hybridized carbons (Fsp3) is 0.444. The van der Waals surface area contributed by atoms with Gasteiger partial charge in [0.05, 0.1) is 17.4 Å². The van der Waals surface area contributed by atoms with Crippen molar-refractivity contribution in [2.45, 2.75) is 30.0 Å². The molecule has 7 nitrogen and oxygen atoms in total. The normalized spacial score (nSPS) is 12.9. The second kappa shape index (κ2) is 6.29. The highest BCUT2D eigenvalue weighted by Crippen LogP contribution is 2.36. The molecule has 0 aliphatic rings. The topological polar surface area (TPSA) is 113 Å². The summed E-state index contributed by atoms with van der Waals surface area (Å²) >= 11 is 6.22. The average Bonchev–Trinajstić information content (AvgIpc) is 2.71. The lowest BCUT2D eigenvalue weighted by Crippen LogP contribution is -2.33. The first-order chi connectivity index (χ1) is 8.81. The van der Waals surface area contributed by atoms with Crippen LogP contribution in [0.3, 0.4) is 0 Å². The first-order valence-electron chi connectivity index (χ1n) is 5.14. The van der Waals surface area contributed by atoms with E-state index < -0.39 is 26.7 Å². The molecule has 10 heteroatoms. The third kappa shape index (κ3) is 3.87. The second-order valence-electron chi connectivity index (χ2n) is 3.57. The summed E-state index contributed by atoms with van der Waals surface area (Å²) in [6.07, 6.45) is 0.463. The van der Waals surface area contributed by atoms with Crippen molar-refractivity contribution in [2.75, 3.05) is 0 Å². The van der Waals surface area contributed by atoms with Gasteiger partial charge in [-0.25, -0.2) is 13.1 Å². The van der Waals surface area contributed by atoms with Gasteiger partial charge in [0.25, 0.3) is 15.7 Å². The Morgan fingerprint density at radius 2 is 2.32 bits per heavy atom. The van der Waals surface area contributed by atoms with Crippen molar-refractivity contribution in [2.24, 2.45) is 0 Å². The number of nitrogens with one attached hydrogen (secondary N) is 1. The Hall–Kier alpha value is -1.21. The molecule has 104 valence electrons. The van der Waals surface area contributed by atoms with Gasteiger partial charge in [-0.05, 0) is 6.42 Å². The van der Waals surface area contributed by atoms with Crippen molar-refractivity contribution in [3.05, 3.63) is 20.5 Å². The van der Waals surface area contributed by atoms with E-state index in [9.17, 15) is 18.5 Å².